The average Bonchev–Trinajstić information content (AvgIpc) is 3.52. The third-order valence-corrected chi connectivity index (χ3v) is 10.2. The van der Waals surface area contributed by atoms with E-state index < -0.39 is 5.60 Å². The van der Waals surface area contributed by atoms with Crippen LogP contribution in [0.4, 0.5) is 0 Å². The van der Waals surface area contributed by atoms with Gasteiger partial charge in [0.2, 0.25) is 0 Å². The Hall–Kier alpha value is -1.30. The molecule has 0 radical (unpaired) electrons. The molecule has 162 valence electrons. The summed E-state index contributed by atoms with van der Waals surface area (Å²) in [7, 11) is 3.59. The van der Waals surface area contributed by atoms with Crippen LogP contribution in [0.3, 0.4) is 0 Å². The highest BCUT2D eigenvalue weighted by Crippen LogP contribution is 2.76. The first-order chi connectivity index (χ1) is 14.6. The Balaban J connectivity index is 1.48. The number of hydrogen-bond donors (Lipinski definition) is 1. The standard InChI is InChI=1S/C25H33NO4/c1-28-18-6-5-16-11-19-23-7-8-25(29-2,17(12-23)14-27)22-24(23,20(16)21(18)30-22)9-10-26(19)13-15-3-4-15/h5-6,15,17,19,22,27H,3-4,7-14H2,1-2H3/t17-,19-,22-,23+,24+,25+/m1/s1. The minimum Gasteiger partial charge on any atom is -0.493 e. The lowest BCUT2D eigenvalue weighted by molar-refractivity contribution is -0.281. The van der Waals surface area contributed by atoms with E-state index in [0.29, 0.717) is 6.04 Å². The third-order valence-electron chi connectivity index (χ3n) is 10.2. The van der Waals surface area contributed by atoms with Crippen LogP contribution < -0.4 is 9.47 Å². The number of ether oxygens (including phenoxy) is 3. The van der Waals surface area contributed by atoms with Crippen LogP contribution >= 0.6 is 0 Å². The van der Waals surface area contributed by atoms with E-state index in [9.17, 15) is 5.11 Å². The lowest BCUT2D eigenvalue weighted by Gasteiger charge is -2.73. The van der Waals surface area contributed by atoms with Crippen molar-refractivity contribution >= 4 is 0 Å². The number of benzene rings is 1. The van der Waals surface area contributed by atoms with Crippen LogP contribution in [0.2, 0.25) is 0 Å². The number of piperidine rings is 1. The van der Waals surface area contributed by atoms with Gasteiger partial charge in [-0.25, -0.2) is 0 Å². The second-order valence-electron chi connectivity index (χ2n) is 10.9. The van der Waals surface area contributed by atoms with E-state index >= 15 is 0 Å². The highest BCUT2D eigenvalue weighted by molar-refractivity contribution is 5.63. The Morgan fingerprint density at radius 3 is 2.80 bits per heavy atom. The van der Waals surface area contributed by atoms with Gasteiger partial charge in [0.05, 0.1) is 7.11 Å². The smallest absolute Gasteiger partial charge is 0.165 e. The lowest BCUT2D eigenvalue weighted by Crippen LogP contribution is -2.81. The van der Waals surface area contributed by atoms with Crippen molar-refractivity contribution in [1.29, 1.82) is 0 Å². The number of hydrogen-bond acceptors (Lipinski definition) is 5. The van der Waals surface area contributed by atoms with Crippen molar-refractivity contribution in [2.24, 2.45) is 17.3 Å². The maximum atomic E-state index is 10.5. The fourth-order valence-corrected chi connectivity index (χ4v) is 8.91. The van der Waals surface area contributed by atoms with Crippen LogP contribution in [0.1, 0.15) is 49.7 Å². The van der Waals surface area contributed by atoms with Crippen molar-refractivity contribution < 1.29 is 19.3 Å². The van der Waals surface area contributed by atoms with Crippen molar-refractivity contribution in [2.45, 2.75) is 68.1 Å². The molecule has 1 N–H and O–H groups in total. The molecule has 6 atom stereocenters. The van der Waals surface area contributed by atoms with Gasteiger partial charge in [-0.3, -0.25) is 4.90 Å². The van der Waals surface area contributed by atoms with Crippen molar-refractivity contribution in [2.75, 3.05) is 33.9 Å². The molecule has 0 aromatic heterocycles. The van der Waals surface area contributed by atoms with Crippen LogP contribution in [-0.4, -0.2) is 61.7 Å². The van der Waals surface area contributed by atoms with Crippen LogP contribution in [-0.2, 0) is 16.6 Å². The first kappa shape index (κ1) is 18.3. The molecule has 0 unspecified atom stereocenters. The molecule has 0 amide bonds. The molecule has 5 heteroatoms. The summed E-state index contributed by atoms with van der Waals surface area (Å²) >= 11 is 0. The molecule has 2 spiro atoms. The summed E-state index contributed by atoms with van der Waals surface area (Å²) in [6, 6.07) is 4.96. The molecule has 2 aliphatic heterocycles. The van der Waals surface area contributed by atoms with Gasteiger partial charge >= 0.3 is 0 Å². The monoisotopic (exact) mass is 411 g/mol. The average molecular weight is 412 g/mol. The summed E-state index contributed by atoms with van der Waals surface area (Å²) in [5.41, 5.74) is 2.66. The molecule has 5 nitrogen and oxygen atoms in total. The largest absolute Gasteiger partial charge is 0.493 e. The summed E-state index contributed by atoms with van der Waals surface area (Å²) in [4.78, 5) is 2.84. The van der Waals surface area contributed by atoms with Crippen LogP contribution in [0.15, 0.2) is 12.1 Å². The Morgan fingerprint density at radius 1 is 1.20 bits per heavy atom. The Labute approximate surface area is 178 Å². The SMILES string of the molecule is COc1ccc2c3c1O[C@H]1[C@]4(OC)CC[C@]5(C[C@@H]4CO)[C@@H](C2)N(CC2CC2)CC[C@]315. The summed E-state index contributed by atoms with van der Waals surface area (Å²) in [6.45, 7) is 2.59. The fraction of sp³-hybridized carbons (Fsp3) is 0.760. The number of rotatable bonds is 5. The van der Waals surface area contributed by atoms with Crippen LogP contribution in [0.5, 0.6) is 11.5 Å². The van der Waals surface area contributed by atoms with Gasteiger partial charge in [-0.2, -0.15) is 0 Å². The van der Waals surface area contributed by atoms with Crippen LogP contribution in [0.25, 0.3) is 0 Å². The zero-order valence-corrected chi connectivity index (χ0v) is 18.2. The van der Waals surface area contributed by atoms with Gasteiger partial charge in [0, 0.05) is 48.6 Å². The van der Waals surface area contributed by atoms with E-state index in [2.05, 4.69) is 17.0 Å². The first-order valence-corrected chi connectivity index (χ1v) is 11.9. The van der Waals surface area contributed by atoms with E-state index in [1.807, 2.05) is 7.11 Å². The van der Waals surface area contributed by atoms with Gasteiger partial charge in [0.1, 0.15) is 11.7 Å². The quantitative estimate of drug-likeness (QED) is 0.808. The Bertz CT molecular complexity index is 915. The normalized spacial score (nSPS) is 45.2. The van der Waals surface area contributed by atoms with Crippen molar-refractivity contribution in [3.8, 4) is 11.5 Å². The number of likely N-dealkylation sites (tertiary alicyclic amines) is 1. The minimum absolute atomic E-state index is 0.00486. The number of fused-ring (bicyclic) bond motifs is 2. The van der Waals surface area contributed by atoms with Crippen molar-refractivity contribution in [3.63, 3.8) is 0 Å². The molecular weight excluding hydrogens is 378 g/mol. The van der Waals surface area contributed by atoms with Gasteiger partial charge in [0.15, 0.2) is 11.5 Å². The molecule has 2 heterocycles. The Kier molecular flexibility index (Phi) is 3.49. The van der Waals surface area contributed by atoms with E-state index in [1.54, 1.807) is 7.11 Å². The van der Waals surface area contributed by atoms with Gasteiger partial charge < -0.3 is 19.3 Å². The van der Waals surface area contributed by atoms with E-state index in [0.717, 1.165) is 49.6 Å². The van der Waals surface area contributed by atoms with E-state index in [4.69, 9.17) is 14.2 Å². The molecule has 5 fully saturated rings. The van der Waals surface area contributed by atoms with Crippen molar-refractivity contribution in [3.05, 3.63) is 23.3 Å². The molecule has 1 saturated heterocycles. The summed E-state index contributed by atoms with van der Waals surface area (Å²) in [6.07, 6.45) is 8.24. The zero-order chi connectivity index (χ0) is 20.3. The lowest BCUT2D eigenvalue weighted by atomic mass is 9.35. The maximum absolute atomic E-state index is 10.5. The summed E-state index contributed by atoms with van der Waals surface area (Å²) in [5.74, 6) is 2.87. The number of methoxy groups -OCH3 is 2. The second kappa shape index (κ2) is 5.73. The predicted octanol–water partition coefficient (Wildman–Crippen LogP) is 2.91. The molecule has 7 aliphatic rings. The molecule has 1 aromatic carbocycles. The number of aliphatic hydroxyl groups excluding tert-OH is 1. The summed E-state index contributed by atoms with van der Waals surface area (Å²) < 4.78 is 19.0. The number of aliphatic hydroxyl groups is 1. The summed E-state index contributed by atoms with van der Waals surface area (Å²) in [5, 5.41) is 10.5. The minimum atomic E-state index is -0.404. The van der Waals surface area contributed by atoms with Crippen molar-refractivity contribution in [1.82, 2.24) is 4.90 Å². The maximum Gasteiger partial charge on any atom is 0.165 e. The molecule has 4 bridgehead atoms. The molecule has 5 aliphatic carbocycles. The van der Waals surface area contributed by atoms with Crippen LogP contribution in [0, 0.1) is 17.3 Å². The molecule has 30 heavy (non-hydrogen) atoms. The highest BCUT2D eigenvalue weighted by atomic mass is 16.6. The van der Waals surface area contributed by atoms with E-state index in [-0.39, 0.29) is 29.5 Å². The zero-order valence-electron chi connectivity index (χ0n) is 18.2. The molecule has 8 rings (SSSR count). The topological polar surface area (TPSA) is 51.2 Å². The first-order valence-electron chi connectivity index (χ1n) is 11.9. The predicted molar refractivity (Wildman–Crippen MR) is 112 cm³/mol. The molecule has 1 aromatic rings. The van der Waals surface area contributed by atoms with Gasteiger partial charge in [0.25, 0.3) is 0 Å². The third kappa shape index (κ3) is 1.81. The van der Waals surface area contributed by atoms with Gasteiger partial charge in [-0.15, -0.1) is 0 Å². The molecule has 4 saturated carbocycles. The molecular formula is C25H33NO4. The second-order valence-corrected chi connectivity index (χ2v) is 10.9. The highest BCUT2D eigenvalue weighted by Gasteiger charge is 2.80. The fourth-order valence-electron chi connectivity index (χ4n) is 8.91. The Morgan fingerprint density at radius 2 is 2.07 bits per heavy atom. The number of nitrogens with zero attached hydrogens (tertiary/aromatic N) is 1. The van der Waals surface area contributed by atoms with Gasteiger partial charge in [-0.1, -0.05) is 6.07 Å². The van der Waals surface area contributed by atoms with Gasteiger partial charge in [-0.05, 0) is 69.0 Å². The van der Waals surface area contributed by atoms with E-state index in [1.165, 1.54) is 36.9 Å².